The fraction of sp³-hybridized carbons (Fsp3) is 0.0385. The Bertz CT molecular complexity index is 1770. The van der Waals surface area contributed by atoms with Crippen LogP contribution in [0.2, 0.25) is 5.02 Å². The number of methoxy groups -OCH3 is 1. The smallest absolute Gasteiger partial charge is 0.238 e. The van der Waals surface area contributed by atoms with Crippen LogP contribution < -0.4 is 15.3 Å². The van der Waals surface area contributed by atoms with Crippen LogP contribution in [0.5, 0.6) is 11.5 Å². The average molecular weight is 549 g/mol. The van der Waals surface area contributed by atoms with Crippen molar-refractivity contribution in [3.8, 4) is 28.3 Å². The fourth-order valence-electron chi connectivity index (χ4n) is 3.93. The minimum absolute atomic E-state index is 0.00724. The maximum absolute atomic E-state index is 11.7. The van der Waals surface area contributed by atoms with Crippen molar-refractivity contribution in [2.45, 2.75) is 4.90 Å². The molecule has 0 atom stereocenters. The van der Waals surface area contributed by atoms with Gasteiger partial charge in [0.1, 0.15) is 6.33 Å². The predicted molar refractivity (Wildman–Crippen MR) is 147 cm³/mol. The number of phenols is 1. The third-order valence-corrected chi connectivity index (χ3v) is 6.95. The largest absolute Gasteiger partial charge is 0.504 e. The topological polar surface area (TPSA) is 145 Å². The highest BCUT2D eigenvalue weighted by Gasteiger charge is 2.18. The first-order valence-corrected chi connectivity index (χ1v) is 13.1. The molecule has 0 saturated heterocycles. The van der Waals surface area contributed by atoms with Crippen LogP contribution in [0.4, 0.5) is 5.82 Å². The maximum Gasteiger partial charge on any atom is 0.238 e. The van der Waals surface area contributed by atoms with Gasteiger partial charge in [-0.3, -0.25) is 5.43 Å². The molecule has 2 heterocycles. The summed E-state index contributed by atoms with van der Waals surface area (Å²) in [4.78, 5) is 8.91. The summed E-state index contributed by atoms with van der Waals surface area (Å²) in [6, 6.07) is 18.4. The molecule has 5 rings (SSSR count). The Balaban J connectivity index is 1.60. The van der Waals surface area contributed by atoms with Gasteiger partial charge in [-0.15, -0.1) is 0 Å². The molecule has 3 aromatic carbocycles. The van der Waals surface area contributed by atoms with Gasteiger partial charge in [-0.05, 0) is 65.7 Å². The lowest BCUT2D eigenvalue weighted by Gasteiger charge is -2.07. The number of aromatic nitrogens is 3. The first-order chi connectivity index (χ1) is 18.2. The van der Waals surface area contributed by atoms with Gasteiger partial charge in [0.15, 0.2) is 23.0 Å². The first kappa shape index (κ1) is 25.2. The number of hydrogen-bond acceptors (Lipinski definition) is 8. The van der Waals surface area contributed by atoms with Gasteiger partial charge in [-0.1, -0.05) is 23.7 Å². The molecule has 0 bridgehead atoms. The molecule has 5 aromatic rings. The summed E-state index contributed by atoms with van der Waals surface area (Å²) in [5, 5.41) is 20.7. The molecule has 0 spiro atoms. The Hall–Kier alpha value is -4.45. The molecule has 12 heteroatoms. The van der Waals surface area contributed by atoms with Gasteiger partial charge in [0.2, 0.25) is 10.0 Å². The van der Waals surface area contributed by atoms with Gasteiger partial charge in [0, 0.05) is 22.5 Å². The van der Waals surface area contributed by atoms with Crippen molar-refractivity contribution < 1.29 is 18.3 Å². The number of hydrazone groups is 1. The number of aromatic hydroxyl groups is 1. The van der Waals surface area contributed by atoms with Crippen molar-refractivity contribution in [2.24, 2.45) is 10.2 Å². The summed E-state index contributed by atoms with van der Waals surface area (Å²) in [5.74, 6) is 0.803. The number of nitrogens with one attached hydrogen (secondary N) is 1. The molecule has 0 aliphatic heterocycles. The summed E-state index contributed by atoms with van der Waals surface area (Å²) in [6.07, 6.45) is 4.86. The second-order valence-electron chi connectivity index (χ2n) is 8.18. The molecule has 0 aliphatic carbocycles. The van der Waals surface area contributed by atoms with E-state index in [1.807, 2.05) is 22.9 Å². The minimum Gasteiger partial charge on any atom is -0.504 e. The zero-order chi connectivity index (χ0) is 26.9. The Morgan fingerprint density at radius 1 is 1.08 bits per heavy atom. The first-order valence-electron chi connectivity index (χ1n) is 11.2. The third-order valence-electron chi connectivity index (χ3n) is 5.77. The average Bonchev–Trinajstić information content (AvgIpc) is 3.30. The van der Waals surface area contributed by atoms with Crippen LogP contribution in [0.3, 0.4) is 0 Å². The van der Waals surface area contributed by atoms with E-state index in [-0.39, 0.29) is 10.6 Å². The lowest BCUT2D eigenvalue weighted by molar-refractivity contribution is 0.373. The van der Waals surface area contributed by atoms with Gasteiger partial charge in [-0.2, -0.15) is 5.10 Å². The van der Waals surface area contributed by atoms with Crippen molar-refractivity contribution in [3.05, 3.63) is 89.8 Å². The number of hydrogen-bond donors (Lipinski definition) is 3. The number of primary sulfonamides is 1. The fourth-order valence-corrected chi connectivity index (χ4v) is 4.57. The van der Waals surface area contributed by atoms with Crippen LogP contribution in [0.15, 0.2) is 89.3 Å². The van der Waals surface area contributed by atoms with Crippen molar-refractivity contribution >= 4 is 44.7 Å². The second-order valence-corrected chi connectivity index (χ2v) is 10.2. The molecular formula is C26H21ClN6O4S. The molecule has 10 nitrogen and oxygen atoms in total. The monoisotopic (exact) mass is 548 g/mol. The number of fused-ring (bicyclic) bond motifs is 1. The van der Waals surface area contributed by atoms with Crippen LogP contribution in [-0.4, -0.2) is 41.4 Å². The number of sulfonamides is 1. The summed E-state index contributed by atoms with van der Waals surface area (Å²) in [7, 11) is -2.36. The second kappa shape index (κ2) is 10.1. The number of nitrogens with zero attached hydrogens (tertiary/aromatic N) is 4. The van der Waals surface area contributed by atoms with Crippen molar-refractivity contribution in [2.75, 3.05) is 12.5 Å². The van der Waals surface area contributed by atoms with E-state index in [1.54, 1.807) is 42.6 Å². The quantitative estimate of drug-likeness (QED) is 0.200. The Morgan fingerprint density at radius 2 is 1.82 bits per heavy atom. The van der Waals surface area contributed by atoms with Gasteiger partial charge in [-0.25, -0.2) is 23.5 Å². The highest BCUT2D eigenvalue weighted by atomic mass is 35.5. The molecular weight excluding hydrogens is 528 g/mol. The van der Waals surface area contributed by atoms with E-state index in [9.17, 15) is 13.5 Å². The van der Waals surface area contributed by atoms with Gasteiger partial charge in [0.05, 0.1) is 23.6 Å². The van der Waals surface area contributed by atoms with Crippen molar-refractivity contribution in [1.29, 1.82) is 0 Å². The number of halogens is 1. The standard InChI is InChI=1S/C26H21ClN6O4S/c1-37-23-12-16(2-11-22(23)34)13-31-32-25-24-21(17-3-5-18(27)6-4-17)14-33(26(24)30-15-29-25)19-7-9-20(10-8-19)38(28,35)36/h2-15,34H,1H3,(H2,28,35,36)(H,29,30,32)/b31-13+. The maximum atomic E-state index is 11.7. The molecule has 2 aromatic heterocycles. The molecule has 0 amide bonds. The summed E-state index contributed by atoms with van der Waals surface area (Å²) in [5.41, 5.74) is 6.59. The van der Waals surface area contributed by atoms with Crippen molar-refractivity contribution in [3.63, 3.8) is 0 Å². The van der Waals surface area contributed by atoms with E-state index in [0.29, 0.717) is 38.9 Å². The Labute approximate surface area is 223 Å². The number of phenolic OH excluding ortho intramolecular Hbond substituents is 1. The number of rotatable bonds is 7. The van der Waals surface area contributed by atoms with E-state index in [4.69, 9.17) is 21.5 Å². The lowest BCUT2D eigenvalue weighted by atomic mass is 10.1. The molecule has 0 saturated carbocycles. The summed E-state index contributed by atoms with van der Waals surface area (Å²) >= 11 is 6.11. The molecule has 38 heavy (non-hydrogen) atoms. The molecule has 0 aliphatic rings. The zero-order valence-electron chi connectivity index (χ0n) is 19.9. The van der Waals surface area contributed by atoms with Crippen LogP contribution in [-0.2, 0) is 10.0 Å². The van der Waals surface area contributed by atoms with Crippen molar-refractivity contribution in [1.82, 2.24) is 14.5 Å². The number of anilines is 1. The molecule has 0 radical (unpaired) electrons. The van der Waals surface area contributed by atoms with E-state index in [2.05, 4.69) is 20.5 Å². The van der Waals surface area contributed by atoms with E-state index < -0.39 is 10.0 Å². The summed E-state index contributed by atoms with van der Waals surface area (Å²) < 4.78 is 30.4. The van der Waals surface area contributed by atoms with E-state index in [0.717, 1.165) is 11.1 Å². The zero-order valence-corrected chi connectivity index (χ0v) is 21.5. The van der Waals surface area contributed by atoms with Crippen LogP contribution in [0.25, 0.3) is 27.8 Å². The van der Waals surface area contributed by atoms with Crippen LogP contribution >= 0.6 is 11.6 Å². The minimum atomic E-state index is -3.83. The van der Waals surface area contributed by atoms with Gasteiger partial charge >= 0.3 is 0 Å². The lowest BCUT2D eigenvalue weighted by Crippen LogP contribution is -2.12. The van der Waals surface area contributed by atoms with Gasteiger partial charge < -0.3 is 14.4 Å². The predicted octanol–water partition coefficient (Wildman–Crippen LogP) is 4.55. The molecule has 0 unspecified atom stereocenters. The number of ether oxygens (including phenoxy) is 1. The SMILES string of the molecule is COc1cc(/C=N/Nc2ncnc3c2c(-c2ccc(Cl)cc2)cn3-c2ccc(S(N)(=O)=O)cc2)ccc1O. The van der Waals surface area contributed by atoms with Crippen LogP contribution in [0, 0.1) is 0 Å². The molecule has 0 fully saturated rings. The Kier molecular flexibility index (Phi) is 6.72. The number of nitrogens with two attached hydrogens (primary N) is 1. The van der Waals surface area contributed by atoms with E-state index in [1.165, 1.54) is 31.6 Å². The van der Waals surface area contributed by atoms with E-state index >= 15 is 0 Å². The van der Waals surface area contributed by atoms with Gasteiger partial charge in [0.25, 0.3) is 0 Å². The summed E-state index contributed by atoms with van der Waals surface area (Å²) in [6.45, 7) is 0. The molecule has 192 valence electrons. The normalized spacial score (nSPS) is 11.8. The third kappa shape index (κ3) is 5.02. The molecule has 4 N–H and O–H groups in total. The Morgan fingerprint density at radius 3 is 2.50 bits per heavy atom. The van der Waals surface area contributed by atoms with Crippen LogP contribution in [0.1, 0.15) is 5.56 Å². The number of benzene rings is 3. The highest BCUT2D eigenvalue weighted by Crippen LogP contribution is 2.36. The highest BCUT2D eigenvalue weighted by molar-refractivity contribution is 7.89.